The molecule has 8 nitrogen and oxygen atoms in total. The molecule has 3 N–H and O–H groups in total. The van der Waals surface area contributed by atoms with Gasteiger partial charge in [-0.05, 0) is 32.6 Å². The highest BCUT2D eigenvalue weighted by Crippen LogP contribution is 2.27. The molecule has 1 aliphatic carbocycles. The van der Waals surface area contributed by atoms with Crippen LogP contribution in [0.15, 0.2) is 4.99 Å². The number of amides is 1. The minimum Gasteiger partial charge on any atom is -0.357 e. The molecular weight excluding hydrogens is 354 g/mol. The number of hydrogen-bond donors (Lipinski definition) is 3. The maximum atomic E-state index is 12.5. The molecular formula is C17H33N5O3S. The van der Waals surface area contributed by atoms with E-state index in [0.29, 0.717) is 25.4 Å². The van der Waals surface area contributed by atoms with Crippen molar-refractivity contribution in [3.8, 4) is 0 Å². The number of carbonyl (C=O) groups excluding carboxylic acids is 1. The van der Waals surface area contributed by atoms with Crippen molar-refractivity contribution in [3.63, 3.8) is 0 Å². The Kier molecular flexibility index (Phi) is 8.15. The van der Waals surface area contributed by atoms with Gasteiger partial charge < -0.3 is 15.5 Å². The summed E-state index contributed by atoms with van der Waals surface area (Å²) in [5.74, 6) is 1.28. The summed E-state index contributed by atoms with van der Waals surface area (Å²) in [7, 11) is -3.14. The van der Waals surface area contributed by atoms with Crippen molar-refractivity contribution in [2.75, 3.05) is 39.0 Å². The number of nitrogens with one attached hydrogen (secondary N) is 3. The highest BCUT2D eigenvalue weighted by atomic mass is 32.2. The van der Waals surface area contributed by atoms with E-state index in [9.17, 15) is 13.2 Å². The molecule has 1 saturated carbocycles. The molecule has 0 aromatic rings. The van der Waals surface area contributed by atoms with E-state index in [2.05, 4.69) is 20.3 Å². The molecule has 1 amide bonds. The molecule has 0 spiro atoms. The van der Waals surface area contributed by atoms with Gasteiger partial charge in [0, 0.05) is 44.7 Å². The van der Waals surface area contributed by atoms with Crippen LogP contribution in [-0.4, -0.2) is 70.2 Å². The summed E-state index contributed by atoms with van der Waals surface area (Å²) >= 11 is 0. The van der Waals surface area contributed by atoms with Gasteiger partial charge in [-0.2, -0.15) is 0 Å². The van der Waals surface area contributed by atoms with Crippen LogP contribution in [0.25, 0.3) is 0 Å². The number of sulfonamides is 1. The number of likely N-dealkylation sites (tertiary alicyclic amines) is 1. The van der Waals surface area contributed by atoms with Gasteiger partial charge in [-0.25, -0.2) is 13.1 Å². The molecule has 2 fully saturated rings. The Morgan fingerprint density at radius 3 is 2.62 bits per heavy atom. The Hall–Kier alpha value is -1.35. The highest BCUT2D eigenvalue weighted by molar-refractivity contribution is 7.88. The summed E-state index contributed by atoms with van der Waals surface area (Å²) in [6.45, 7) is 5.22. The van der Waals surface area contributed by atoms with Gasteiger partial charge in [0.1, 0.15) is 0 Å². The second kappa shape index (κ2) is 10.1. The Morgan fingerprint density at radius 1 is 1.23 bits per heavy atom. The number of guanidine groups is 1. The van der Waals surface area contributed by atoms with Gasteiger partial charge in [0.15, 0.2) is 5.96 Å². The molecule has 2 aliphatic rings. The highest BCUT2D eigenvalue weighted by Gasteiger charge is 2.32. The van der Waals surface area contributed by atoms with Crippen LogP contribution in [0.1, 0.15) is 45.4 Å². The molecule has 0 radical (unpaired) electrons. The molecule has 1 aliphatic heterocycles. The van der Waals surface area contributed by atoms with Gasteiger partial charge in [0.2, 0.25) is 15.9 Å². The maximum absolute atomic E-state index is 12.5. The number of aliphatic imine (C=N–C) groups is 1. The summed E-state index contributed by atoms with van der Waals surface area (Å²) in [6.07, 6.45) is 7.16. The van der Waals surface area contributed by atoms with Gasteiger partial charge >= 0.3 is 0 Å². The van der Waals surface area contributed by atoms with E-state index in [1.807, 2.05) is 11.8 Å². The van der Waals surface area contributed by atoms with Gasteiger partial charge in [0.25, 0.3) is 0 Å². The second-order valence-corrected chi connectivity index (χ2v) is 9.01. The lowest BCUT2D eigenvalue weighted by Gasteiger charge is -2.21. The average Bonchev–Trinajstić information content (AvgIpc) is 3.25. The van der Waals surface area contributed by atoms with Crippen LogP contribution in [0.3, 0.4) is 0 Å². The third-order valence-electron chi connectivity index (χ3n) is 4.86. The zero-order valence-electron chi connectivity index (χ0n) is 16.0. The zero-order chi connectivity index (χ0) is 19.0. The molecule has 150 valence electrons. The second-order valence-electron chi connectivity index (χ2n) is 7.18. The lowest BCUT2D eigenvalue weighted by atomic mass is 10.1. The third kappa shape index (κ3) is 7.11. The van der Waals surface area contributed by atoms with Crippen LogP contribution in [0.2, 0.25) is 0 Å². The number of hydrogen-bond acceptors (Lipinski definition) is 4. The van der Waals surface area contributed by atoms with Crippen LogP contribution < -0.4 is 15.4 Å². The van der Waals surface area contributed by atoms with E-state index in [4.69, 9.17) is 0 Å². The maximum Gasteiger partial charge on any atom is 0.225 e. The first-order valence-corrected chi connectivity index (χ1v) is 11.6. The van der Waals surface area contributed by atoms with E-state index in [0.717, 1.165) is 51.1 Å². The topological polar surface area (TPSA) is 103 Å². The smallest absolute Gasteiger partial charge is 0.225 e. The largest absolute Gasteiger partial charge is 0.357 e. The molecule has 1 saturated heterocycles. The molecule has 0 bridgehead atoms. The fourth-order valence-electron chi connectivity index (χ4n) is 3.55. The molecule has 0 aromatic heterocycles. The lowest BCUT2D eigenvalue weighted by molar-refractivity contribution is -0.134. The van der Waals surface area contributed by atoms with Crippen LogP contribution in [0.4, 0.5) is 0 Å². The van der Waals surface area contributed by atoms with Crippen molar-refractivity contribution in [1.82, 2.24) is 20.3 Å². The van der Waals surface area contributed by atoms with Gasteiger partial charge in [-0.3, -0.25) is 9.79 Å². The standard InChI is InChI=1S/C17H33N5O3S/c1-3-18-17(19-10-6-11-20-26(2,24)25)21-15-9-12-22(13-15)16(23)14-7-4-5-8-14/h14-15,20H,3-13H2,1-2H3,(H2,18,19,21). The molecule has 1 unspecified atom stereocenters. The van der Waals surface area contributed by atoms with Crippen molar-refractivity contribution >= 4 is 21.9 Å². The predicted molar refractivity (Wildman–Crippen MR) is 104 cm³/mol. The predicted octanol–water partition coefficient (Wildman–Crippen LogP) is 0.272. The van der Waals surface area contributed by atoms with Gasteiger partial charge in [-0.15, -0.1) is 0 Å². The van der Waals surface area contributed by atoms with Crippen molar-refractivity contribution in [2.45, 2.75) is 51.5 Å². The first kappa shape index (κ1) is 21.0. The fourth-order valence-corrected chi connectivity index (χ4v) is 4.07. The first-order valence-electron chi connectivity index (χ1n) is 9.67. The summed E-state index contributed by atoms with van der Waals surface area (Å²) in [4.78, 5) is 19.0. The summed E-state index contributed by atoms with van der Waals surface area (Å²) < 4.78 is 24.5. The Bertz CT molecular complexity index is 587. The van der Waals surface area contributed by atoms with E-state index >= 15 is 0 Å². The monoisotopic (exact) mass is 387 g/mol. The van der Waals surface area contributed by atoms with E-state index in [-0.39, 0.29) is 12.0 Å². The van der Waals surface area contributed by atoms with Crippen molar-refractivity contribution in [1.29, 1.82) is 0 Å². The number of carbonyl (C=O) groups is 1. The Morgan fingerprint density at radius 2 is 1.96 bits per heavy atom. The molecule has 1 heterocycles. The quantitative estimate of drug-likeness (QED) is 0.315. The van der Waals surface area contributed by atoms with Crippen LogP contribution in [-0.2, 0) is 14.8 Å². The molecule has 0 aromatic carbocycles. The van der Waals surface area contributed by atoms with Gasteiger partial charge in [-0.1, -0.05) is 12.8 Å². The van der Waals surface area contributed by atoms with Crippen molar-refractivity contribution in [3.05, 3.63) is 0 Å². The summed E-state index contributed by atoms with van der Waals surface area (Å²) in [6, 6.07) is 0.215. The lowest BCUT2D eigenvalue weighted by Crippen LogP contribution is -2.45. The Balaban J connectivity index is 1.76. The summed E-state index contributed by atoms with van der Waals surface area (Å²) in [5, 5.41) is 6.62. The van der Waals surface area contributed by atoms with E-state index < -0.39 is 10.0 Å². The molecule has 26 heavy (non-hydrogen) atoms. The average molecular weight is 388 g/mol. The molecule has 1 atom stereocenters. The zero-order valence-corrected chi connectivity index (χ0v) is 16.8. The minimum atomic E-state index is -3.14. The van der Waals surface area contributed by atoms with E-state index in [1.165, 1.54) is 12.8 Å². The summed E-state index contributed by atoms with van der Waals surface area (Å²) in [5.41, 5.74) is 0. The number of nitrogens with zero attached hydrogens (tertiary/aromatic N) is 2. The number of rotatable bonds is 8. The third-order valence-corrected chi connectivity index (χ3v) is 5.59. The Labute approximate surface area is 157 Å². The van der Waals surface area contributed by atoms with Crippen LogP contribution in [0.5, 0.6) is 0 Å². The van der Waals surface area contributed by atoms with Crippen LogP contribution in [0, 0.1) is 5.92 Å². The minimum absolute atomic E-state index is 0.215. The molecule has 9 heteroatoms. The van der Waals surface area contributed by atoms with Crippen molar-refractivity contribution in [2.24, 2.45) is 10.9 Å². The fraction of sp³-hybridized carbons (Fsp3) is 0.882. The van der Waals surface area contributed by atoms with Gasteiger partial charge in [0.05, 0.1) is 6.26 Å². The normalized spacial score (nSPS) is 22.0. The van der Waals surface area contributed by atoms with Crippen LogP contribution >= 0.6 is 0 Å². The van der Waals surface area contributed by atoms with Crippen molar-refractivity contribution < 1.29 is 13.2 Å². The first-order chi connectivity index (χ1) is 12.4. The molecule has 2 rings (SSSR count). The SMILES string of the molecule is CCNC(=NCCCNS(C)(=O)=O)NC1CCN(C(=O)C2CCCC2)C1. The van der Waals surface area contributed by atoms with E-state index in [1.54, 1.807) is 0 Å².